The van der Waals surface area contributed by atoms with Crippen LogP contribution in [0.1, 0.15) is 23.8 Å². The van der Waals surface area contributed by atoms with Crippen molar-refractivity contribution < 1.29 is 28.1 Å². The predicted octanol–water partition coefficient (Wildman–Crippen LogP) is 1.44. The normalized spacial score (nSPS) is 18.1. The third-order valence-corrected chi connectivity index (χ3v) is 4.93. The van der Waals surface area contributed by atoms with E-state index in [1.54, 1.807) is 13.2 Å². The highest BCUT2D eigenvalue weighted by Crippen LogP contribution is 2.31. The summed E-state index contributed by atoms with van der Waals surface area (Å²) in [5, 5.41) is 2.85. The molecule has 1 unspecified atom stereocenters. The van der Waals surface area contributed by atoms with Crippen molar-refractivity contribution in [1.29, 1.82) is 0 Å². The number of anilines is 1. The number of halogens is 1. The molecule has 2 aliphatic heterocycles. The Morgan fingerprint density at radius 2 is 2.21 bits per heavy atom. The van der Waals surface area contributed by atoms with Gasteiger partial charge in [-0.2, -0.15) is 0 Å². The van der Waals surface area contributed by atoms with E-state index in [9.17, 15) is 9.18 Å². The second-order valence-electron chi connectivity index (χ2n) is 7.49. The minimum Gasteiger partial charge on any atom is -0.476 e. The molecule has 2 fully saturated rings. The number of pyridine rings is 1. The molecule has 162 valence electrons. The summed E-state index contributed by atoms with van der Waals surface area (Å²) < 4.78 is 33.9. The lowest BCUT2D eigenvalue weighted by molar-refractivity contribution is -0.0514. The van der Waals surface area contributed by atoms with Crippen LogP contribution < -0.4 is 15.0 Å². The Hall–Kier alpha value is -1.97. The zero-order valence-electron chi connectivity index (χ0n) is 17.1. The van der Waals surface area contributed by atoms with Crippen molar-refractivity contribution in [2.75, 3.05) is 64.8 Å². The van der Waals surface area contributed by atoms with E-state index in [-0.39, 0.29) is 23.7 Å². The van der Waals surface area contributed by atoms with Crippen LogP contribution in [0.25, 0.3) is 0 Å². The van der Waals surface area contributed by atoms with E-state index in [2.05, 4.69) is 15.2 Å². The van der Waals surface area contributed by atoms with E-state index >= 15 is 0 Å². The van der Waals surface area contributed by atoms with Crippen LogP contribution in [0.2, 0.25) is 0 Å². The Bertz CT molecular complexity index is 668. The number of aromatic nitrogens is 1. The van der Waals surface area contributed by atoms with Crippen LogP contribution in [-0.2, 0) is 14.2 Å². The lowest BCUT2D eigenvalue weighted by Crippen LogP contribution is -2.52. The number of amides is 1. The van der Waals surface area contributed by atoms with Gasteiger partial charge in [0, 0.05) is 38.8 Å². The molecule has 1 atom stereocenters. The Morgan fingerprint density at radius 3 is 2.86 bits per heavy atom. The van der Waals surface area contributed by atoms with E-state index < -0.39 is 6.67 Å². The quantitative estimate of drug-likeness (QED) is 0.521. The molecule has 3 heterocycles. The lowest BCUT2D eigenvalue weighted by Gasteiger charge is -2.40. The van der Waals surface area contributed by atoms with Crippen molar-refractivity contribution in [3.8, 4) is 5.88 Å². The van der Waals surface area contributed by atoms with Gasteiger partial charge in [0.15, 0.2) is 0 Å². The third kappa shape index (κ3) is 6.01. The third-order valence-electron chi connectivity index (χ3n) is 4.93. The average Bonchev–Trinajstić information content (AvgIpc) is 2.64. The lowest BCUT2D eigenvalue weighted by atomic mass is 10.1. The molecule has 1 aromatic rings. The molecule has 1 aromatic heterocycles. The van der Waals surface area contributed by atoms with Gasteiger partial charge in [0.2, 0.25) is 5.88 Å². The second-order valence-corrected chi connectivity index (χ2v) is 7.49. The van der Waals surface area contributed by atoms with E-state index in [4.69, 9.17) is 18.9 Å². The SMILES string of the molecule is COC1CN(c2ccc(C(=O)NC(C)COCCCF)nc2OCC2COC2)C1. The fourth-order valence-corrected chi connectivity index (χ4v) is 3.02. The Morgan fingerprint density at radius 1 is 1.41 bits per heavy atom. The van der Waals surface area contributed by atoms with E-state index in [1.807, 2.05) is 13.0 Å². The first-order chi connectivity index (χ1) is 14.1. The minimum absolute atomic E-state index is 0.198. The summed E-state index contributed by atoms with van der Waals surface area (Å²) in [7, 11) is 1.70. The fourth-order valence-electron chi connectivity index (χ4n) is 3.02. The highest BCUT2D eigenvalue weighted by atomic mass is 19.1. The summed E-state index contributed by atoms with van der Waals surface area (Å²) in [4.78, 5) is 19.2. The molecule has 9 heteroatoms. The van der Waals surface area contributed by atoms with Crippen LogP contribution in [0.3, 0.4) is 0 Å². The van der Waals surface area contributed by atoms with Gasteiger partial charge in [0.1, 0.15) is 11.4 Å². The summed E-state index contributed by atoms with van der Waals surface area (Å²) in [6.45, 7) is 5.49. The molecule has 1 N–H and O–H groups in total. The van der Waals surface area contributed by atoms with Crippen LogP contribution in [-0.4, -0.2) is 82.9 Å². The van der Waals surface area contributed by atoms with Crippen molar-refractivity contribution >= 4 is 11.6 Å². The highest BCUT2D eigenvalue weighted by Gasteiger charge is 2.30. The van der Waals surface area contributed by atoms with Gasteiger partial charge in [0.05, 0.1) is 39.2 Å². The fraction of sp³-hybridized carbons (Fsp3) is 0.700. The number of alkyl halides is 1. The number of carbonyl (C=O) groups is 1. The number of carbonyl (C=O) groups excluding carboxylic acids is 1. The molecule has 0 spiro atoms. The highest BCUT2D eigenvalue weighted by molar-refractivity contribution is 5.93. The number of hydrogen-bond donors (Lipinski definition) is 1. The first-order valence-electron chi connectivity index (χ1n) is 10.0. The van der Waals surface area contributed by atoms with Gasteiger partial charge in [0.25, 0.3) is 5.91 Å². The molecule has 0 aliphatic carbocycles. The molecule has 0 bridgehead atoms. The standard InChI is InChI=1S/C20H30FN3O5/c1-14(10-27-7-3-6-21)22-19(25)17-4-5-18(24-8-16(9-24)26-2)20(23-17)29-13-15-11-28-12-15/h4-5,14-16H,3,6-13H2,1-2H3,(H,22,25). The van der Waals surface area contributed by atoms with E-state index in [0.29, 0.717) is 51.3 Å². The maximum Gasteiger partial charge on any atom is 0.270 e. The first-order valence-corrected chi connectivity index (χ1v) is 10.0. The summed E-state index contributed by atoms with van der Waals surface area (Å²) in [6, 6.07) is 3.35. The van der Waals surface area contributed by atoms with Gasteiger partial charge in [-0.05, 0) is 25.5 Å². The summed E-state index contributed by atoms with van der Waals surface area (Å²) in [5.74, 6) is 0.506. The van der Waals surface area contributed by atoms with Crippen molar-refractivity contribution in [2.24, 2.45) is 5.92 Å². The Balaban J connectivity index is 1.61. The van der Waals surface area contributed by atoms with Crippen molar-refractivity contribution in [2.45, 2.75) is 25.5 Å². The van der Waals surface area contributed by atoms with Gasteiger partial charge in [-0.15, -0.1) is 0 Å². The molecule has 29 heavy (non-hydrogen) atoms. The van der Waals surface area contributed by atoms with Gasteiger partial charge in [-0.3, -0.25) is 9.18 Å². The van der Waals surface area contributed by atoms with Crippen molar-refractivity contribution in [1.82, 2.24) is 10.3 Å². The molecule has 3 rings (SSSR count). The zero-order valence-corrected chi connectivity index (χ0v) is 17.1. The largest absolute Gasteiger partial charge is 0.476 e. The summed E-state index contributed by atoms with van der Waals surface area (Å²) in [6.07, 6.45) is 0.556. The van der Waals surface area contributed by atoms with Gasteiger partial charge in [-0.1, -0.05) is 0 Å². The smallest absolute Gasteiger partial charge is 0.270 e. The maximum absolute atomic E-state index is 12.6. The number of nitrogens with one attached hydrogen (secondary N) is 1. The number of methoxy groups -OCH3 is 1. The predicted molar refractivity (Wildman–Crippen MR) is 105 cm³/mol. The summed E-state index contributed by atoms with van der Waals surface area (Å²) >= 11 is 0. The van der Waals surface area contributed by atoms with Crippen molar-refractivity contribution in [3.05, 3.63) is 17.8 Å². The molecule has 0 radical (unpaired) electrons. The van der Waals surface area contributed by atoms with Gasteiger partial charge >= 0.3 is 0 Å². The molecule has 2 saturated heterocycles. The van der Waals surface area contributed by atoms with Crippen LogP contribution in [0.4, 0.5) is 10.1 Å². The first kappa shape index (κ1) is 21.7. The van der Waals surface area contributed by atoms with Crippen molar-refractivity contribution in [3.63, 3.8) is 0 Å². The monoisotopic (exact) mass is 411 g/mol. The number of hydrogen-bond acceptors (Lipinski definition) is 7. The van der Waals surface area contributed by atoms with Gasteiger partial charge in [-0.25, -0.2) is 4.98 Å². The zero-order chi connectivity index (χ0) is 20.6. The second kappa shape index (κ2) is 10.7. The molecule has 0 aromatic carbocycles. The average molecular weight is 411 g/mol. The molecule has 8 nitrogen and oxygen atoms in total. The number of nitrogens with zero attached hydrogens (tertiary/aromatic N) is 2. The van der Waals surface area contributed by atoms with E-state index in [0.717, 1.165) is 18.8 Å². The van der Waals surface area contributed by atoms with Gasteiger partial charge < -0.3 is 29.2 Å². The maximum atomic E-state index is 12.6. The van der Waals surface area contributed by atoms with E-state index in [1.165, 1.54) is 0 Å². The molecular formula is C20H30FN3O5. The van der Waals surface area contributed by atoms with Crippen LogP contribution >= 0.6 is 0 Å². The Kier molecular flexibility index (Phi) is 8.02. The van der Waals surface area contributed by atoms with Crippen LogP contribution in [0, 0.1) is 5.92 Å². The molecule has 0 saturated carbocycles. The van der Waals surface area contributed by atoms with Crippen LogP contribution in [0.15, 0.2) is 12.1 Å². The summed E-state index contributed by atoms with van der Waals surface area (Å²) in [5.41, 5.74) is 1.14. The minimum atomic E-state index is -0.408. The number of rotatable bonds is 12. The molecular weight excluding hydrogens is 381 g/mol. The number of ether oxygens (including phenoxy) is 4. The van der Waals surface area contributed by atoms with Crippen LogP contribution in [0.5, 0.6) is 5.88 Å². The molecule has 1 amide bonds. The Labute approximate surface area is 170 Å². The molecule has 2 aliphatic rings. The topological polar surface area (TPSA) is 82.2 Å².